The van der Waals surface area contributed by atoms with E-state index in [4.69, 9.17) is 0 Å². The topological polar surface area (TPSA) is 45.8 Å². The fraction of sp³-hybridized carbons (Fsp3) is 0.286. The molecule has 3 rings (SSSR count). The molecule has 1 aliphatic carbocycles. The monoisotopic (exact) mass is 304 g/mol. The van der Waals surface area contributed by atoms with E-state index in [9.17, 15) is 4.79 Å². The highest BCUT2D eigenvalue weighted by molar-refractivity contribution is 9.10. The number of fused-ring (bicyclic) bond motifs is 1. The second-order valence-corrected chi connectivity index (χ2v) is 5.49. The van der Waals surface area contributed by atoms with Crippen molar-refractivity contribution in [1.82, 2.24) is 10.2 Å². The minimum Gasteiger partial charge on any atom is -0.268 e. The zero-order valence-corrected chi connectivity index (χ0v) is 11.5. The summed E-state index contributed by atoms with van der Waals surface area (Å²) in [7, 11) is 0. The highest BCUT2D eigenvalue weighted by Gasteiger charge is 2.18. The van der Waals surface area contributed by atoms with Crippen LogP contribution in [0.2, 0.25) is 0 Å². The SMILES string of the molecule is O=c1[nH]nc(-c2ccc(Br)cc2)c2c1CCCC2. The molecule has 0 atom stereocenters. The van der Waals surface area contributed by atoms with E-state index in [2.05, 4.69) is 26.1 Å². The van der Waals surface area contributed by atoms with Crippen LogP contribution in [0.25, 0.3) is 11.3 Å². The van der Waals surface area contributed by atoms with Gasteiger partial charge in [0.25, 0.3) is 5.56 Å². The van der Waals surface area contributed by atoms with Crippen LogP contribution >= 0.6 is 15.9 Å². The Balaban J connectivity index is 2.18. The zero-order valence-electron chi connectivity index (χ0n) is 9.87. The van der Waals surface area contributed by atoms with E-state index in [1.807, 2.05) is 24.3 Å². The maximum absolute atomic E-state index is 11.8. The number of aromatic amines is 1. The second kappa shape index (κ2) is 4.69. The molecule has 0 bridgehead atoms. The minimum atomic E-state index is -0.0226. The quantitative estimate of drug-likeness (QED) is 0.880. The minimum absolute atomic E-state index is 0.0226. The predicted molar refractivity (Wildman–Crippen MR) is 74.6 cm³/mol. The Morgan fingerprint density at radius 1 is 1.06 bits per heavy atom. The number of benzene rings is 1. The average Bonchev–Trinajstić information content (AvgIpc) is 2.41. The summed E-state index contributed by atoms with van der Waals surface area (Å²) >= 11 is 3.43. The van der Waals surface area contributed by atoms with Crippen molar-refractivity contribution in [3.63, 3.8) is 0 Å². The summed E-state index contributed by atoms with van der Waals surface area (Å²) in [6.07, 6.45) is 4.07. The Morgan fingerprint density at radius 2 is 1.72 bits per heavy atom. The molecule has 0 unspecified atom stereocenters. The molecule has 0 amide bonds. The van der Waals surface area contributed by atoms with Crippen LogP contribution in [0.1, 0.15) is 24.0 Å². The van der Waals surface area contributed by atoms with E-state index in [0.717, 1.165) is 52.5 Å². The lowest BCUT2D eigenvalue weighted by atomic mass is 9.90. The third-order valence-corrected chi connectivity index (χ3v) is 3.94. The molecule has 0 radical (unpaired) electrons. The van der Waals surface area contributed by atoms with Crippen molar-refractivity contribution in [2.24, 2.45) is 0 Å². The Labute approximate surface area is 113 Å². The molecule has 1 aromatic carbocycles. The van der Waals surface area contributed by atoms with Crippen molar-refractivity contribution < 1.29 is 0 Å². The van der Waals surface area contributed by atoms with Crippen LogP contribution in [0.3, 0.4) is 0 Å². The molecule has 4 heteroatoms. The Kier molecular flexibility index (Phi) is 3.04. The van der Waals surface area contributed by atoms with E-state index in [0.29, 0.717) is 0 Å². The first-order valence-corrected chi connectivity index (χ1v) is 6.91. The molecule has 92 valence electrons. The van der Waals surface area contributed by atoms with Gasteiger partial charge in [0.05, 0.1) is 5.69 Å². The van der Waals surface area contributed by atoms with E-state index in [1.54, 1.807) is 0 Å². The van der Waals surface area contributed by atoms with Gasteiger partial charge in [-0.2, -0.15) is 5.10 Å². The normalized spacial score (nSPS) is 14.3. The molecule has 1 aromatic heterocycles. The molecule has 0 saturated heterocycles. The highest BCUT2D eigenvalue weighted by Crippen LogP contribution is 2.28. The second-order valence-electron chi connectivity index (χ2n) is 4.57. The van der Waals surface area contributed by atoms with Gasteiger partial charge in [-0.15, -0.1) is 0 Å². The van der Waals surface area contributed by atoms with Gasteiger partial charge < -0.3 is 0 Å². The number of hydrogen-bond donors (Lipinski definition) is 1. The standard InChI is InChI=1S/C14H13BrN2O/c15-10-7-5-9(6-8-10)13-11-3-1-2-4-12(11)14(18)17-16-13/h5-8H,1-4H2,(H,17,18). The van der Waals surface area contributed by atoms with Gasteiger partial charge in [-0.05, 0) is 43.4 Å². The summed E-state index contributed by atoms with van der Waals surface area (Å²) in [6.45, 7) is 0. The van der Waals surface area contributed by atoms with Crippen LogP contribution in [0.5, 0.6) is 0 Å². The van der Waals surface area contributed by atoms with Crippen molar-refractivity contribution in [2.45, 2.75) is 25.7 Å². The fourth-order valence-electron chi connectivity index (χ4n) is 2.51. The average molecular weight is 305 g/mol. The number of nitrogens with zero attached hydrogens (tertiary/aromatic N) is 1. The van der Waals surface area contributed by atoms with Gasteiger partial charge in [-0.3, -0.25) is 4.79 Å². The lowest BCUT2D eigenvalue weighted by molar-refractivity contribution is 0.669. The maximum Gasteiger partial charge on any atom is 0.267 e. The zero-order chi connectivity index (χ0) is 12.5. The van der Waals surface area contributed by atoms with Gasteiger partial charge in [-0.25, -0.2) is 5.10 Å². The summed E-state index contributed by atoms with van der Waals surface area (Å²) in [6, 6.07) is 8.05. The van der Waals surface area contributed by atoms with E-state index in [-0.39, 0.29) is 5.56 Å². The van der Waals surface area contributed by atoms with Crippen molar-refractivity contribution in [3.8, 4) is 11.3 Å². The number of nitrogens with one attached hydrogen (secondary N) is 1. The number of hydrogen-bond acceptors (Lipinski definition) is 2. The number of rotatable bonds is 1. The van der Waals surface area contributed by atoms with Crippen LogP contribution in [0, 0.1) is 0 Å². The largest absolute Gasteiger partial charge is 0.268 e. The molecule has 0 fully saturated rings. The van der Waals surface area contributed by atoms with Crippen LogP contribution in [0.4, 0.5) is 0 Å². The van der Waals surface area contributed by atoms with Crippen LogP contribution < -0.4 is 5.56 Å². The van der Waals surface area contributed by atoms with E-state index < -0.39 is 0 Å². The first-order chi connectivity index (χ1) is 8.75. The van der Waals surface area contributed by atoms with Crippen molar-refractivity contribution in [3.05, 3.63) is 50.2 Å². The molecule has 1 N–H and O–H groups in total. The van der Waals surface area contributed by atoms with Gasteiger partial charge in [0.2, 0.25) is 0 Å². The molecule has 2 aromatic rings. The lowest BCUT2D eigenvalue weighted by Gasteiger charge is -2.17. The van der Waals surface area contributed by atoms with Gasteiger partial charge in [0, 0.05) is 15.6 Å². The molecule has 0 aliphatic heterocycles. The van der Waals surface area contributed by atoms with Crippen molar-refractivity contribution >= 4 is 15.9 Å². The number of H-pyrrole nitrogens is 1. The van der Waals surface area contributed by atoms with Crippen LogP contribution in [-0.4, -0.2) is 10.2 Å². The number of halogens is 1. The van der Waals surface area contributed by atoms with Gasteiger partial charge >= 0.3 is 0 Å². The lowest BCUT2D eigenvalue weighted by Crippen LogP contribution is -2.21. The number of aromatic nitrogens is 2. The summed E-state index contributed by atoms with van der Waals surface area (Å²) in [5.74, 6) is 0. The van der Waals surface area contributed by atoms with Crippen LogP contribution in [0.15, 0.2) is 33.5 Å². The molecular weight excluding hydrogens is 292 g/mol. The third-order valence-electron chi connectivity index (χ3n) is 3.41. The smallest absolute Gasteiger partial charge is 0.267 e. The molecule has 0 saturated carbocycles. The third kappa shape index (κ3) is 2.01. The Hall–Kier alpha value is -1.42. The summed E-state index contributed by atoms with van der Waals surface area (Å²) in [5, 5.41) is 6.86. The molecule has 1 aliphatic rings. The van der Waals surface area contributed by atoms with E-state index >= 15 is 0 Å². The molecule has 18 heavy (non-hydrogen) atoms. The molecule has 1 heterocycles. The first-order valence-electron chi connectivity index (χ1n) is 6.12. The first kappa shape index (κ1) is 11.7. The van der Waals surface area contributed by atoms with Crippen molar-refractivity contribution in [2.75, 3.05) is 0 Å². The fourth-order valence-corrected chi connectivity index (χ4v) is 2.77. The van der Waals surface area contributed by atoms with Crippen LogP contribution in [-0.2, 0) is 12.8 Å². The molecular formula is C14H13BrN2O. The summed E-state index contributed by atoms with van der Waals surface area (Å²) in [5.41, 5.74) is 4.02. The Bertz CT molecular complexity index is 631. The van der Waals surface area contributed by atoms with Gasteiger partial charge in [0.1, 0.15) is 0 Å². The molecule has 3 nitrogen and oxygen atoms in total. The summed E-state index contributed by atoms with van der Waals surface area (Å²) < 4.78 is 1.05. The van der Waals surface area contributed by atoms with E-state index in [1.165, 1.54) is 0 Å². The Morgan fingerprint density at radius 3 is 2.44 bits per heavy atom. The van der Waals surface area contributed by atoms with Gasteiger partial charge in [0.15, 0.2) is 0 Å². The predicted octanol–water partition coefficient (Wildman–Crippen LogP) is 3.08. The van der Waals surface area contributed by atoms with Gasteiger partial charge in [-0.1, -0.05) is 28.1 Å². The molecule has 0 spiro atoms. The summed E-state index contributed by atoms with van der Waals surface area (Å²) in [4.78, 5) is 11.8. The highest BCUT2D eigenvalue weighted by atomic mass is 79.9. The van der Waals surface area contributed by atoms with Crippen molar-refractivity contribution in [1.29, 1.82) is 0 Å². The maximum atomic E-state index is 11.8.